The lowest BCUT2D eigenvalue weighted by Gasteiger charge is -2.27. The van der Waals surface area contributed by atoms with Gasteiger partial charge in [0.15, 0.2) is 6.10 Å². The summed E-state index contributed by atoms with van der Waals surface area (Å²) in [7, 11) is 1.35. The Morgan fingerprint density at radius 3 is 2.70 bits per heavy atom. The van der Waals surface area contributed by atoms with Crippen molar-refractivity contribution in [2.75, 3.05) is 13.7 Å². The van der Waals surface area contributed by atoms with E-state index in [1.807, 2.05) is 36.4 Å². The molecule has 0 aromatic heterocycles. The van der Waals surface area contributed by atoms with Crippen molar-refractivity contribution >= 4 is 23.5 Å². The van der Waals surface area contributed by atoms with Gasteiger partial charge in [-0.3, -0.25) is 9.59 Å². The van der Waals surface area contributed by atoms with Gasteiger partial charge in [0.1, 0.15) is 5.75 Å². The van der Waals surface area contributed by atoms with Gasteiger partial charge in [-0.1, -0.05) is 48.9 Å². The van der Waals surface area contributed by atoms with Crippen molar-refractivity contribution in [3.8, 4) is 5.75 Å². The fourth-order valence-corrected chi connectivity index (χ4v) is 3.40. The maximum absolute atomic E-state index is 13.2. The average Bonchev–Trinajstić information content (AvgIpc) is 3.10. The van der Waals surface area contributed by atoms with Crippen LogP contribution in [0.25, 0.3) is 0 Å². The van der Waals surface area contributed by atoms with Crippen molar-refractivity contribution in [2.45, 2.75) is 26.0 Å². The Balaban J connectivity index is 1.77. The van der Waals surface area contributed by atoms with Crippen LogP contribution < -0.4 is 4.74 Å². The van der Waals surface area contributed by atoms with Gasteiger partial charge in [-0.2, -0.15) is 0 Å². The van der Waals surface area contributed by atoms with E-state index in [-0.39, 0.29) is 18.4 Å². The van der Waals surface area contributed by atoms with Crippen LogP contribution in [0.1, 0.15) is 18.1 Å². The molecule has 3 rings (SSSR count). The quantitative estimate of drug-likeness (QED) is 0.712. The number of esters is 1. The van der Waals surface area contributed by atoms with Crippen LogP contribution in [0.2, 0.25) is 5.02 Å². The predicted molar refractivity (Wildman–Crippen MR) is 103 cm³/mol. The summed E-state index contributed by atoms with van der Waals surface area (Å²) in [5.74, 6) is -0.246. The second-order valence-corrected chi connectivity index (χ2v) is 7.13. The molecule has 27 heavy (non-hydrogen) atoms. The predicted octanol–water partition coefficient (Wildman–Crippen LogP) is 3.48. The minimum atomic E-state index is -0.618. The second kappa shape index (κ2) is 8.44. The summed E-state index contributed by atoms with van der Waals surface area (Å²) in [4.78, 5) is 26.7. The van der Waals surface area contributed by atoms with Crippen LogP contribution in [-0.2, 0) is 27.3 Å². The molecule has 2 aromatic rings. The van der Waals surface area contributed by atoms with Crippen molar-refractivity contribution in [3.63, 3.8) is 0 Å². The van der Waals surface area contributed by atoms with Gasteiger partial charge in [0.05, 0.1) is 13.0 Å². The van der Waals surface area contributed by atoms with Crippen LogP contribution in [0, 0.1) is 5.92 Å². The molecule has 0 bridgehead atoms. The highest BCUT2D eigenvalue weighted by molar-refractivity contribution is 6.30. The third-order valence-electron chi connectivity index (χ3n) is 4.60. The van der Waals surface area contributed by atoms with Gasteiger partial charge in [-0.15, -0.1) is 0 Å². The van der Waals surface area contributed by atoms with Gasteiger partial charge in [0.2, 0.25) is 0 Å². The minimum absolute atomic E-state index is 0.151. The van der Waals surface area contributed by atoms with E-state index in [1.165, 1.54) is 7.11 Å². The number of fused-ring (bicyclic) bond motifs is 1. The zero-order valence-corrected chi connectivity index (χ0v) is 16.1. The van der Waals surface area contributed by atoms with Crippen molar-refractivity contribution in [1.82, 2.24) is 4.90 Å². The zero-order chi connectivity index (χ0) is 19.4. The average molecular weight is 388 g/mol. The number of nitrogens with zero attached hydrogens (tertiary/aromatic N) is 1. The monoisotopic (exact) mass is 387 g/mol. The summed E-state index contributed by atoms with van der Waals surface area (Å²) in [6, 6.07) is 15.0. The van der Waals surface area contributed by atoms with Gasteiger partial charge in [-0.05, 0) is 29.3 Å². The summed E-state index contributed by atoms with van der Waals surface area (Å²) in [6.45, 7) is 2.41. The molecule has 0 N–H and O–H groups in total. The van der Waals surface area contributed by atoms with Crippen LogP contribution in [0.3, 0.4) is 0 Å². The standard InChI is InChI=1S/C21H22ClNO4/c1-14(21(25)26-2)12-23(13-15-6-4-3-5-7-15)20(24)19-11-16-10-17(22)8-9-18(16)27-19/h3-10,14,19H,11-13H2,1-2H3. The second-order valence-electron chi connectivity index (χ2n) is 6.69. The number of carbonyl (C=O) groups excluding carboxylic acids is 2. The Hall–Kier alpha value is -2.53. The molecule has 0 aliphatic carbocycles. The number of hydrogen-bond donors (Lipinski definition) is 0. The Kier molecular flexibility index (Phi) is 6.01. The fourth-order valence-electron chi connectivity index (χ4n) is 3.20. The SMILES string of the molecule is COC(=O)C(C)CN(Cc1ccccc1)C(=O)C1Cc2cc(Cl)ccc2O1. The van der Waals surface area contributed by atoms with E-state index in [2.05, 4.69) is 0 Å². The molecule has 2 unspecified atom stereocenters. The van der Waals surface area contributed by atoms with E-state index in [0.717, 1.165) is 11.1 Å². The first kappa shape index (κ1) is 19.2. The van der Waals surface area contributed by atoms with Crippen molar-refractivity contribution < 1.29 is 19.1 Å². The van der Waals surface area contributed by atoms with E-state index in [1.54, 1.807) is 24.0 Å². The number of carbonyl (C=O) groups is 2. The van der Waals surface area contributed by atoms with Crippen LogP contribution in [-0.4, -0.2) is 36.5 Å². The topological polar surface area (TPSA) is 55.8 Å². The molecular formula is C21H22ClNO4. The highest BCUT2D eigenvalue weighted by atomic mass is 35.5. The van der Waals surface area contributed by atoms with Gasteiger partial charge < -0.3 is 14.4 Å². The van der Waals surface area contributed by atoms with E-state index < -0.39 is 12.0 Å². The number of ether oxygens (including phenoxy) is 2. The molecular weight excluding hydrogens is 366 g/mol. The molecule has 2 aromatic carbocycles. The smallest absolute Gasteiger partial charge is 0.310 e. The number of hydrogen-bond acceptors (Lipinski definition) is 4. The Bertz CT molecular complexity index is 824. The number of methoxy groups -OCH3 is 1. The highest BCUT2D eigenvalue weighted by Crippen LogP contribution is 2.32. The van der Waals surface area contributed by atoms with Crippen molar-refractivity contribution in [3.05, 3.63) is 64.7 Å². The van der Waals surface area contributed by atoms with Crippen LogP contribution >= 0.6 is 11.6 Å². The molecule has 1 heterocycles. The molecule has 0 fully saturated rings. The summed E-state index contributed by atoms with van der Waals surface area (Å²) in [5, 5.41) is 0.617. The maximum Gasteiger partial charge on any atom is 0.310 e. The lowest BCUT2D eigenvalue weighted by atomic mass is 10.1. The Labute approximate surface area is 163 Å². The lowest BCUT2D eigenvalue weighted by molar-refractivity contribution is -0.147. The fraction of sp³-hybridized carbons (Fsp3) is 0.333. The van der Waals surface area contributed by atoms with Gasteiger partial charge >= 0.3 is 5.97 Å². The van der Waals surface area contributed by atoms with Gasteiger partial charge in [0, 0.05) is 24.5 Å². The summed E-state index contributed by atoms with van der Waals surface area (Å²) in [6.07, 6.45) is -0.154. The molecule has 0 saturated carbocycles. The molecule has 5 nitrogen and oxygen atoms in total. The molecule has 1 amide bonds. The third kappa shape index (κ3) is 4.61. The molecule has 0 radical (unpaired) electrons. The van der Waals surface area contributed by atoms with Crippen LogP contribution in [0.4, 0.5) is 0 Å². The lowest BCUT2D eigenvalue weighted by Crippen LogP contribution is -2.44. The van der Waals surface area contributed by atoms with E-state index in [9.17, 15) is 9.59 Å². The normalized spacial score (nSPS) is 16.2. The number of rotatable bonds is 6. The Morgan fingerprint density at radius 2 is 2.00 bits per heavy atom. The van der Waals surface area contributed by atoms with E-state index in [0.29, 0.717) is 23.7 Å². The molecule has 2 atom stereocenters. The van der Waals surface area contributed by atoms with E-state index >= 15 is 0 Å². The molecule has 6 heteroatoms. The highest BCUT2D eigenvalue weighted by Gasteiger charge is 2.34. The van der Waals surface area contributed by atoms with Gasteiger partial charge in [0.25, 0.3) is 5.91 Å². The summed E-state index contributed by atoms with van der Waals surface area (Å²) >= 11 is 6.04. The van der Waals surface area contributed by atoms with Crippen LogP contribution in [0.15, 0.2) is 48.5 Å². The molecule has 142 valence electrons. The van der Waals surface area contributed by atoms with Crippen molar-refractivity contribution in [1.29, 1.82) is 0 Å². The number of amides is 1. The number of benzene rings is 2. The molecule has 0 saturated heterocycles. The van der Waals surface area contributed by atoms with Gasteiger partial charge in [-0.25, -0.2) is 0 Å². The third-order valence-corrected chi connectivity index (χ3v) is 4.83. The Morgan fingerprint density at radius 1 is 1.26 bits per heavy atom. The van der Waals surface area contributed by atoms with Crippen molar-refractivity contribution in [2.24, 2.45) is 5.92 Å². The van der Waals surface area contributed by atoms with E-state index in [4.69, 9.17) is 21.1 Å². The molecule has 1 aliphatic heterocycles. The largest absolute Gasteiger partial charge is 0.480 e. The minimum Gasteiger partial charge on any atom is -0.480 e. The summed E-state index contributed by atoms with van der Waals surface area (Å²) in [5.41, 5.74) is 1.91. The number of halogens is 1. The molecule has 1 aliphatic rings. The first-order valence-corrected chi connectivity index (χ1v) is 9.21. The maximum atomic E-state index is 13.2. The zero-order valence-electron chi connectivity index (χ0n) is 15.4. The first-order chi connectivity index (χ1) is 13.0. The first-order valence-electron chi connectivity index (χ1n) is 8.83. The summed E-state index contributed by atoms with van der Waals surface area (Å²) < 4.78 is 10.7. The van der Waals surface area contributed by atoms with Crippen LogP contribution in [0.5, 0.6) is 5.75 Å². The molecule has 0 spiro atoms.